The fourth-order valence-electron chi connectivity index (χ4n) is 2.57. The van der Waals surface area contributed by atoms with Gasteiger partial charge < -0.3 is 10.1 Å². The summed E-state index contributed by atoms with van der Waals surface area (Å²) in [4.78, 5) is 26.6. The first-order valence-corrected chi connectivity index (χ1v) is 9.14. The molecule has 1 amide bonds. The minimum absolute atomic E-state index is 0.156. The van der Waals surface area contributed by atoms with Gasteiger partial charge in [0.05, 0.1) is 18.6 Å². The molecule has 136 valence electrons. The number of fused-ring (bicyclic) bond motifs is 1. The number of H-pyrrole nitrogens is 1. The fourth-order valence-corrected chi connectivity index (χ4v) is 3.33. The van der Waals surface area contributed by atoms with Crippen LogP contribution in [0.1, 0.15) is 19.0 Å². The van der Waals surface area contributed by atoms with Crippen molar-refractivity contribution in [3.05, 3.63) is 46.4 Å². The zero-order valence-electron chi connectivity index (χ0n) is 14.5. The Balaban J connectivity index is 1.75. The van der Waals surface area contributed by atoms with Crippen LogP contribution >= 0.6 is 11.8 Å². The zero-order valence-corrected chi connectivity index (χ0v) is 15.3. The van der Waals surface area contributed by atoms with Crippen LogP contribution in [0, 0.1) is 0 Å². The van der Waals surface area contributed by atoms with E-state index in [1.807, 2.05) is 19.1 Å². The molecular formula is C17H19N5O3S. The molecule has 2 aromatic heterocycles. The lowest BCUT2D eigenvalue weighted by Crippen LogP contribution is -2.15. The third-order valence-electron chi connectivity index (χ3n) is 3.67. The summed E-state index contributed by atoms with van der Waals surface area (Å²) in [5.41, 5.74) is 1.23. The van der Waals surface area contributed by atoms with Gasteiger partial charge in [0.1, 0.15) is 5.75 Å². The zero-order chi connectivity index (χ0) is 18.5. The summed E-state index contributed by atoms with van der Waals surface area (Å²) in [6.07, 6.45) is 1.61. The van der Waals surface area contributed by atoms with Crippen LogP contribution < -0.4 is 15.6 Å². The smallest absolute Gasteiger partial charge is 0.252 e. The Hall–Kier alpha value is -2.81. The number of aryl methyl sites for hydroxylation is 1. The second kappa shape index (κ2) is 8.05. The minimum Gasteiger partial charge on any atom is -0.495 e. The number of carbonyl (C=O) groups excluding carboxylic acids is 1. The Morgan fingerprint density at radius 2 is 2.15 bits per heavy atom. The summed E-state index contributed by atoms with van der Waals surface area (Å²) >= 11 is 1.26. The molecule has 0 atom stereocenters. The molecule has 0 aliphatic rings. The fraction of sp³-hybridized carbons (Fsp3) is 0.294. The van der Waals surface area contributed by atoms with E-state index in [4.69, 9.17) is 4.74 Å². The summed E-state index contributed by atoms with van der Waals surface area (Å²) in [6.45, 7) is 2.03. The Labute approximate surface area is 154 Å². The maximum Gasteiger partial charge on any atom is 0.252 e. The third kappa shape index (κ3) is 3.88. The molecule has 0 fully saturated rings. The molecule has 8 nitrogen and oxygen atoms in total. The van der Waals surface area contributed by atoms with Crippen LogP contribution in [0.5, 0.6) is 5.75 Å². The normalized spacial score (nSPS) is 10.8. The van der Waals surface area contributed by atoms with Crippen LogP contribution in [-0.2, 0) is 11.2 Å². The number of ether oxygens (including phenoxy) is 1. The van der Waals surface area contributed by atoms with E-state index in [0.29, 0.717) is 22.4 Å². The third-order valence-corrected chi connectivity index (χ3v) is 4.60. The molecule has 0 bridgehead atoms. The van der Waals surface area contributed by atoms with Gasteiger partial charge in [0, 0.05) is 11.8 Å². The van der Waals surface area contributed by atoms with Crippen LogP contribution in [-0.4, -0.2) is 38.4 Å². The Morgan fingerprint density at radius 3 is 2.92 bits per heavy atom. The van der Waals surface area contributed by atoms with Crippen molar-refractivity contribution in [2.24, 2.45) is 0 Å². The molecule has 0 unspecified atom stereocenters. The van der Waals surface area contributed by atoms with Crippen molar-refractivity contribution < 1.29 is 9.53 Å². The van der Waals surface area contributed by atoms with Crippen LogP contribution in [0.15, 0.2) is 40.3 Å². The van der Waals surface area contributed by atoms with Crippen LogP contribution in [0.4, 0.5) is 5.69 Å². The summed E-state index contributed by atoms with van der Waals surface area (Å²) in [7, 11) is 1.55. The maximum atomic E-state index is 12.3. The number of thioether (sulfide) groups is 1. The first-order valence-electron chi connectivity index (χ1n) is 8.15. The maximum absolute atomic E-state index is 12.3. The Bertz CT molecular complexity index is 982. The summed E-state index contributed by atoms with van der Waals surface area (Å²) in [5.74, 6) is 0.955. The van der Waals surface area contributed by atoms with Gasteiger partial charge in [-0.1, -0.05) is 37.2 Å². The average molecular weight is 373 g/mol. The molecule has 1 aromatic carbocycles. The highest BCUT2D eigenvalue weighted by Gasteiger charge is 2.14. The number of amides is 1. The lowest BCUT2D eigenvalue weighted by Gasteiger charge is -2.09. The number of methoxy groups -OCH3 is 1. The van der Waals surface area contributed by atoms with E-state index in [0.717, 1.165) is 18.5 Å². The standard InChI is InChI=1S/C17H19N5O3S/c1-3-6-11-9-14(23)19-16-20-21-17(22(11)16)26-10-15(24)18-12-7-4-5-8-13(12)25-2/h4-5,7-9H,3,6,10H2,1-2H3,(H,18,24)(H,19,20,23). The Kier molecular flexibility index (Phi) is 5.57. The molecule has 9 heteroatoms. The second-order valence-electron chi connectivity index (χ2n) is 5.55. The number of nitrogens with zero attached hydrogens (tertiary/aromatic N) is 3. The van der Waals surface area contributed by atoms with Gasteiger partial charge in [-0.25, -0.2) is 0 Å². The lowest BCUT2D eigenvalue weighted by molar-refractivity contribution is -0.113. The van der Waals surface area contributed by atoms with Gasteiger partial charge in [0.2, 0.25) is 11.7 Å². The van der Waals surface area contributed by atoms with E-state index in [2.05, 4.69) is 20.5 Å². The molecule has 0 aliphatic carbocycles. The van der Waals surface area contributed by atoms with Crippen LogP contribution in [0.3, 0.4) is 0 Å². The number of anilines is 1. The number of rotatable bonds is 7. The number of carbonyl (C=O) groups is 1. The molecule has 0 saturated heterocycles. The number of aromatic nitrogens is 4. The van der Waals surface area contributed by atoms with Crippen molar-refractivity contribution in [2.45, 2.75) is 24.9 Å². The van der Waals surface area contributed by atoms with Crippen molar-refractivity contribution >= 4 is 29.1 Å². The van der Waals surface area contributed by atoms with Gasteiger partial charge in [-0.05, 0) is 18.6 Å². The van der Waals surface area contributed by atoms with Crippen LogP contribution in [0.2, 0.25) is 0 Å². The largest absolute Gasteiger partial charge is 0.495 e. The monoisotopic (exact) mass is 373 g/mol. The molecule has 3 aromatic rings. The molecule has 0 saturated carbocycles. The lowest BCUT2D eigenvalue weighted by atomic mass is 10.2. The van der Waals surface area contributed by atoms with Crippen LogP contribution in [0.25, 0.3) is 5.78 Å². The summed E-state index contributed by atoms with van der Waals surface area (Å²) in [5, 5.41) is 11.5. The van der Waals surface area contributed by atoms with E-state index >= 15 is 0 Å². The van der Waals surface area contributed by atoms with Crippen molar-refractivity contribution in [2.75, 3.05) is 18.2 Å². The van der Waals surface area contributed by atoms with Gasteiger partial charge in [-0.2, -0.15) is 0 Å². The molecule has 2 N–H and O–H groups in total. The second-order valence-corrected chi connectivity index (χ2v) is 6.50. The molecule has 0 radical (unpaired) electrons. The van der Waals surface area contributed by atoms with Crippen molar-refractivity contribution in [3.63, 3.8) is 0 Å². The first kappa shape index (κ1) is 18.0. The van der Waals surface area contributed by atoms with E-state index in [1.165, 1.54) is 11.8 Å². The number of aromatic amines is 1. The van der Waals surface area contributed by atoms with Gasteiger partial charge >= 0.3 is 0 Å². The van der Waals surface area contributed by atoms with Gasteiger partial charge in [0.25, 0.3) is 5.56 Å². The van der Waals surface area contributed by atoms with E-state index in [9.17, 15) is 9.59 Å². The molecule has 26 heavy (non-hydrogen) atoms. The topological polar surface area (TPSA) is 101 Å². The quantitative estimate of drug-likeness (QED) is 0.615. The van der Waals surface area contributed by atoms with Gasteiger partial charge in [-0.15, -0.1) is 10.2 Å². The van der Waals surface area contributed by atoms with E-state index < -0.39 is 0 Å². The van der Waals surface area contributed by atoms with Gasteiger partial charge in [0.15, 0.2) is 5.16 Å². The predicted molar refractivity (Wildman–Crippen MR) is 100.0 cm³/mol. The molecular weight excluding hydrogens is 354 g/mol. The average Bonchev–Trinajstić information content (AvgIpc) is 3.03. The molecule has 3 rings (SSSR count). The van der Waals surface area contributed by atoms with Crippen molar-refractivity contribution in [1.29, 1.82) is 0 Å². The summed E-state index contributed by atoms with van der Waals surface area (Å²) < 4.78 is 7.01. The number of para-hydroxylation sites is 2. The number of hydrogen-bond acceptors (Lipinski definition) is 6. The highest BCUT2D eigenvalue weighted by Crippen LogP contribution is 2.24. The van der Waals surface area contributed by atoms with E-state index in [1.54, 1.807) is 29.7 Å². The number of hydrogen-bond donors (Lipinski definition) is 2. The van der Waals surface area contributed by atoms with Gasteiger partial charge in [-0.3, -0.25) is 19.0 Å². The first-order chi connectivity index (χ1) is 12.6. The minimum atomic E-state index is -0.209. The van der Waals surface area contributed by atoms with Crippen molar-refractivity contribution in [3.8, 4) is 5.75 Å². The van der Waals surface area contributed by atoms with E-state index in [-0.39, 0.29) is 17.2 Å². The SMILES string of the molecule is CCCc1cc(=O)[nH]c2nnc(SCC(=O)Nc3ccccc3OC)n12. The molecule has 0 aliphatic heterocycles. The Morgan fingerprint density at radius 1 is 1.35 bits per heavy atom. The van der Waals surface area contributed by atoms with Crippen molar-refractivity contribution in [1.82, 2.24) is 19.6 Å². The summed E-state index contributed by atoms with van der Waals surface area (Å²) in [6, 6.07) is 8.76. The molecule has 0 spiro atoms. The number of nitrogens with one attached hydrogen (secondary N) is 2. The molecule has 2 heterocycles. The predicted octanol–water partition coefficient (Wildman–Crippen LogP) is 2.11. The highest BCUT2D eigenvalue weighted by molar-refractivity contribution is 7.99. The highest BCUT2D eigenvalue weighted by atomic mass is 32.2. The number of benzene rings is 1.